The highest BCUT2D eigenvalue weighted by Gasteiger charge is 2.18. The molecule has 6 heteroatoms. The molecule has 1 aliphatic rings. The Bertz CT molecular complexity index is 1590. The lowest BCUT2D eigenvalue weighted by atomic mass is 10.0. The van der Waals surface area contributed by atoms with Crippen LogP contribution in [-0.4, -0.2) is 34.0 Å². The number of nitriles is 1. The molecule has 2 aromatic heterocycles. The maximum atomic E-state index is 9.68. The first-order valence-corrected chi connectivity index (χ1v) is 11.9. The molecule has 1 N–H and O–H groups in total. The minimum Gasteiger partial charge on any atom is -0.381 e. The van der Waals surface area contributed by atoms with Gasteiger partial charge in [0.15, 0.2) is 0 Å². The Labute approximate surface area is 203 Å². The third-order valence-corrected chi connectivity index (χ3v) is 6.73. The van der Waals surface area contributed by atoms with Crippen molar-refractivity contribution in [1.29, 1.82) is 5.26 Å². The number of hydrogen-bond donors (Lipinski definition) is 1. The van der Waals surface area contributed by atoms with Gasteiger partial charge in [0.25, 0.3) is 0 Å². The van der Waals surface area contributed by atoms with Crippen LogP contribution in [0.2, 0.25) is 0 Å². The standard InChI is InChI=1S/C29H25N5O/c1-19-29-25(22-15-20-5-2-3-7-26(20)31-18-22)6-4-8-28(29)34(33-19)24-10-9-21(17-30)27(16-24)32-23-11-13-35-14-12-23/h2-10,15-16,18,23,32H,11-14H2,1H3. The van der Waals surface area contributed by atoms with Crippen molar-refractivity contribution in [3.8, 4) is 22.9 Å². The molecule has 0 bridgehead atoms. The van der Waals surface area contributed by atoms with E-state index in [0.29, 0.717) is 11.6 Å². The summed E-state index contributed by atoms with van der Waals surface area (Å²) in [6, 6.07) is 25.1. The molecular weight excluding hydrogens is 434 g/mol. The van der Waals surface area contributed by atoms with E-state index in [2.05, 4.69) is 46.7 Å². The van der Waals surface area contributed by atoms with E-state index in [1.165, 1.54) is 0 Å². The normalized spacial score (nSPS) is 14.3. The topological polar surface area (TPSA) is 75.8 Å². The van der Waals surface area contributed by atoms with Gasteiger partial charge in [-0.15, -0.1) is 0 Å². The Morgan fingerprint density at radius 2 is 1.89 bits per heavy atom. The summed E-state index contributed by atoms with van der Waals surface area (Å²) in [6.07, 6.45) is 3.80. The van der Waals surface area contributed by atoms with Crippen LogP contribution in [0.25, 0.3) is 38.6 Å². The molecule has 0 aliphatic carbocycles. The highest BCUT2D eigenvalue weighted by molar-refractivity contribution is 5.99. The van der Waals surface area contributed by atoms with Gasteiger partial charge < -0.3 is 10.1 Å². The van der Waals surface area contributed by atoms with Crippen LogP contribution in [0.4, 0.5) is 5.69 Å². The summed E-state index contributed by atoms with van der Waals surface area (Å²) in [5, 5.41) is 20.4. The number of nitrogens with zero attached hydrogens (tertiary/aromatic N) is 4. The minimum absolute atomic E-state index is 0.300. The monoisotopic (exact) mass is 459 g/mol. The number of aromatic nitrogens is 3. The largest absolute Gasteiger partial charge is 0.381 e. The van der Waals surface area contributed by atoms with Crippen LogP contribution in [0.3, 0.4) is 0 Å². The predicted octanol–water partition coefficient (Wildman–Crippen LogP) is 6.01. The summed E-state index contributed by atoms with van der Waals surface area (Å²) in [4.78, 5) is 4.67. The Balaban J connectivity index is 1.45. The third kappa shape index (κ3) is 3.90. The van der Waals surface area contributed by atoms with Gasteiger partial charge in [0.2, 0.25) is 0 Å². The SMILES string of the molecule is Cc1nn(-c2ccc(C#N)c(NC3CCOCC3)c2)c2cccc(-c3cnc4ccccc4c3)c12. The second-order valence-electron chi connectivity index (χ2n) is 8.99. The fourth-order valence-corrected chi connectivity index (χ4v) is 4.95. The molecule has 1 aliphatic heterocycles. The summed E-state index contributed by atoms with van der Waals surface area (Å²) < 4.78 is 7.46. The average molecular weight is 460 g/mol. The molecule has 0 saturated carbocycles. The molecule has 0 amide bonds. The van der Waals surface area contributed by atoms with Crippen molar-refractivity contribution in [1.82, 2.24) is 14.8 Å². The van der Waals surface area contributed by atoms with Crippen molar-refractivity contribution in [2.45, 2.75) is 25.8 Å². The van der Waals surface area contributed by atoms with Crippen molar-refractivity contribution in [3.63, 3.8) is 0 Å². The number of pyridine rings is 1. The lowest BCUT2D eigenvalue weighted by molar-refractivity contribution is 0.0904. The van der Waals surface area contributed by atoms with Gasteiger partial charge in [-0.05, 0) is 61.7 Å². The van der Waals surface area contributed by atoms with E-state index in [-0.39, 0.29) is 0 Å². The van der Waals surface area contributed by atoms with E-state index in [1.807, 2.05) is 54.2 Å². The van der Waals surface area contributed by atoms with Gasteiger partial charge >= 0.3 is 0 Å². The summed E-state index contributed by atoms with van der Waals surface area (Å²) in [6.45, 7) is 3.53. The molecule has 0 radical (unpaired) electrons. The average Bonchev–Trinajstić information content (AvgIpc) is 3.25. The Morgan fingerprint density at radius 3 is 2.74 bits per heavy atom. The lowest BCUT2D eigenvalue weighted by Gasteiger charge is -2.25. The maximum absolute atomic E-state index is 9.68. The number of anilines is 1. The third-order valence-electron chi connectivity index (χ3n) is 6.73. The smallest absolute Gasteiger partial charge is 0.101 e. The summed E-state index contributed by atoms with van der Waals surface area (Å²) in [5.74, 6) is 0. The summed E-state index contributed by atoms with van der Waals surface area (Å²) in [5.41, 5.74) is 7.53. The first-order chi connectivity index (χ1) is 17.2. The van der Waals surface area contributed by atoms with Crippen LogP contribution in [0.5, 0.6) is 0 Å². The van der Waals surface area contributed by atoms with Gasteiger partial charge in [-0.1, -0.05) is 30.3 Å². The number of hydrogen-bond acceptors (Lipinski definition) is 5. The molecule has 6 nitrogen and oxygen atoms in total. The molecule has 172 valence electrons. The zero-order valence-corrected chi connectivity index (χ0v) is 19.5. The number of para-hydroxylation sites is 1. The van der Waals surface area contributed by atoms with E-state index in [4.69, 9.17) is 9.84 Å². The van der Waals surface area contributed by atoms with E-state index in [1.54, 1.807) is 0 Å². The second kappa shape index (κ2) is 8.86. The van der Waals surface area contributed by atoms with Crippen molar-refractivity contribution in [3.05, 3.63) is 84.2 Å². The highest BCUT2D eigenvalue weighted by Crippen LogP contribution is 2.34. The number of rotatable bonds is 4. The number of nitrogens with one attached hydrogen (secondary N) is 1. The van der Waals surface area contributed by atoms with Crippen LogP contribution in [0.1, 0.15) is 24.1 Å². The molecule has 1 saturated heterocycles. The molecule has 5 aromatic rings. The lowest BCUT2D eigenvalue weighted by Crippen LogP contribution is -2.28. The molecule has 6 rings (SSSR count). The van der Waals surface area contributed by atoms with E-state index in [9.17, 15) is 5.26 Å². The predicted molar refractivity (Wildman–Crippen MR) is 139 cm³/mol. The fourth-order valence-electron chi connectivity index (χ4n) is 4.95. The fraction of sp³-hybridized carbons (Fsp3) is 0.207. The summed E-state index contributed by atoms with van der Waals surface area (Å²) >= 11 is 0. The molecule has 3 heterocycles. The first-order valence-electron chi connectivity index (χ1n) is 11.9. The Hall–Kier alpha value is -4.21. The van der Waals surface area contributed by atoms with Crippen molar-refractivity contribution >= 4 is 27.5 Å². The second-order valence-corrected chi connectivity index (χ2v) is 8.99. The molecular formula is C29H25N5O. The highest BCUT2D eigenvalue weighted by atomic mass is 16.5. The molecule has 0 atom stereocenters. The zero-order chi connectivity index (χ0) is 23.8. The quantitative estimate of drug-likeness (QED) is 0.356. The van der Waals surface area contributed by atoms with Gasteiger partial charge in [-0.25, -0.2) is 4.68 Å². The van der Waals surface area contributed by atoms with Crippen molar-refractivity contribution in [2.24, 2.45) is 0 Å². The summed E-state index contributed by atoms with van der Waals surface area (Å²) in [7, 11) is 0. The molecule has 3 aromatic carbocycles. The van der Waals surface area contributed by atoms with Gasteiger partial charge in [-0.3, -0.25) is 4.98 Å². The van der Waals surface area contributed by atoms with Crippen LogP contribution in [0, 0.1) is 18.3 Å². The van der Waals surface area contributed by atoms with Crippen LogP contribution in [0.15, 0.2) is 72.9 Å². The van der Waals surface area contributed by atoms with Gasteiger partial charge in [0.1, 0.15) is 6.07 Å². The molecule has 0 unspecified atom stereocenters. The minimum atomic E-state index is 0.300. The first kappa shape index (κ1) is 21.3. The van der Waals surface area contributed by atoms with Gasteiger partial charge in [0, 0.05) is 41.8 Å². The Kier molecular flexibility index (Phi) is 5.40. The van der Waals surface area contributed by atoms with E-state index >= 15 is 0 Å². The van der Waals surface area contributed by atoms with Crippen LogP contribution in [-0.2, 0) is 4.74 Å². The van der Waals surface area contributed by atoms with Gasteiger partial charge in [-0.2, -0.15) is 10.4 Å². The van der Waals surface area contributed by atoms with Crippen LogP contribution >= 0.6 is 0 Å². The number of ether oxygens (including phenoxy) is 1. The molecule has 35 heavy (non-hydrogen) atoms. The molecule has 1 fully saturated rings. The van der Waals surface area contributed by atoms with E-state index < -0.39 is 0 Å². The molecule has 0 spiro atoms. The maximum Gasteiger partial charge on any atom is 0.101 e. The number of fused-ring (bicyclic) bond motifs is 2. The van der Waals surface area contributed by atoms with Crippen molar-refractivity contribution < 1.29 is 4.74 Å². The number of aryl methyl sites for hydroxylation is 1. The van der Waals surface area contributed by atoms with Crippen molar-refractivity contribution in [2.75, 3.05) is 18.5 Å². The van der Waals surface area contributed by atoms with Crippen LogP contribution < -0.4 is 5.32 Å². The van der Waals surface area contributed by atoms with Gasteiger partial charge in [0.05, 0.1) is 33.7 Å². The van der Waals surface area contributed by atoms with E-state index in [0.717, 1.165) is 76.1 Å². The zero-order valence-electron chi connectivity index (χ0n) is 19.5. The Morgan fingerprint density at radius 1 is 1.03 bits per heavy atom. The number of benzene rings is 3.